The Morgan fingerprint density at radius 1 is 1.25 bits per heavy atom. The highest BCUT2D eigenvalue weighted by molar-refractivity contribution is 5.96. The van der Waals surface area contributed by atoms with Gasteiger partial charge < -0.3 is 9.67 Å². The number of phenolic OH excluding ortho intramolecular Hbond substituents is 1. The molecule has 2 aromatic heterocycles. The van der Waals surface area contributed by atoms with Crippen molar-refractivity contribution in [2.45, 2.75) is 19.8 Å². The van der Waals surface area contributed by atoms with Crippen molar-refractivity contribution in [1.29, 1.82) is 0 Å². The van der Waals surface area contributed by atoms with Gasteiger partial charge in [-0.1, -0.05) is 26.0 Å². The zero-order valence-corrected chi connectivity index (χ0v) is 11.8. The predicted octanol–water partition coefficient (Wildman–Crippen LogP) is 3.46. The molecule has 102 valence electrons. The number of aromatic nitrogens is 3. The number of rotatable bonds is 2. The molecule has 0 aliphatic rings. The van der Waals surface area contributed by atoms with Crippen molar-refractivity contribution in [1.82, 2.24) is 14.5 Å². The summed E-state index contributed by atoms with van der Waals surface area (Å²) in [6.45, 7) is 4.20. The van der Waals surface area contributed by atoms with Crippen molar-refractivity contribution < 1.29 is 5.11 Å². The van der Waals surface area contributed by atoms with E-state index in [9.17, 15) is 5.11 Å². The summed E-state index contributed by atoms with van der Waals surface area (Å²) in [5.74, 6) is 0.513. The fraction of sp³-hybridized carbons (Fsp3) is 0.250. The molecule has 0 aliphatic heterocycles. The lowest BCUT2D eigenvalue weighted by Crippen LogP contribution is -1.98. The Labute approximate surface area is 117 Å². The minimum atomic E-state index is 0.216. The van der Waals surface area contributed by atoms with Crippen LogP contribution in [-0.2, 0) is 7.05 Å². The van der Waals surface area contributed by atoms with Gasteiger partial charge in [-0.15, -0.1) is 0 Å². The average Bonchev–Trinajstić information content (AvgIpc) is 2.84. The highest BCUT2D eigenvalue weighted by Gasteiger charge is 2.14. The zero-order chi connectivity index (χ0) is 14.3. The quantitative estimate of drug-likeness (QED) is 0.773. The summed E-state index contributed by atoms with van der Waals surface area (Å²) < 4.78 is 1.98. The van der Waals surface area contributed by atoms with E-state index in [1.807, 2.05) is 29.9 Å². The van der Waals surface area contributed by atoms with Crippen molar-refractivity contribution in [3.8, 4) is 17.0 Å². The fourth-order valence-electron chi connectivity index (χ4n) is 2.38. The summed E-state index contributed by atoms with van der Waals surface area (Å²) in [6, 6.07) is 7.58. The first-order chi connectivity index (χ1) is 9.58. The van der Waals surface area contributed by atoms with Crippen LogP contribution < -0.4 is 0 Å². The Bertz CT molecular complexity index is 774. The summed E-state index contributed by atoms with van der Waals surface area (Å²) in [4.78, 5) is 8.78. The van der Waals surface area contributed by atoms with E-state index in [2.05, 4.69) is 29.9 Å². The van der Waals surface area contributed by atoms with Crippen LogP contribution in [0.5, 0.6) is 5.75 Å². The molecule has 1 aromatic carbocycles. The van der Waals surface area contributed by atoms with E-state index < -0.39 is 0 Å². The molecule has 0 atom stereocenters. The fourth-order valence-corrected chi connectivity index (χ4v) is 2.38. The van der Waals surface area contributed by atoms with Crippen LogP contribution in [-0.4, -0.2) is 19.6 Å². The van der Waals surface area contributed by atoms with Gasteiger partial charge in [-0.05, 0) is 18.1 Å². The molecule has 0 unspecified atom stereocenters. The topological polar surface area (TPSA) is 50.9 Å². The first kappa shape index (κ1) is 12.7. The molecule has 0 fully saturated rings. The van der Waals surface area contributed by atoms with E-state index in [4.69, 9.17) is 0 Å². The highest BCUT2D eigenvalue weighted by atomic mass is 16.3. The van der Waals surface area contributed by atoms with Gasteiger partial charge in [-0.25, -0.2) is 9.97 Å². The monoisotopic (exact) mass is 267 g/mol. The molecule has 20 heavy (non-hydrogen) atoms. The molecule has 4 heteroatoms. The Balaban J connectivity index is 2.40. The Hall–Kier alpha value is -2.36. The van der Waals surface area contributed by atoms with E-state index in [0.29, 0.717) is 11.4 Å². The van der Waals surface area contributed by atoms with Gasteiger partial charge in [0.2, 0.25) is 0 Å². The second-order valence-electron chi connectivity index (χ2n) is 5.31. The van der Waals surface area contributed by atoms with Crippen LogP contribution in [0, 0.1) is 0 Å². The van der Waals surface area contributed by atoms with Gasteiger partial charge in [0.05, 0.1) is 18.2 Å². The minimum absolute atomic E-state index is 0.216. The molecular formula is C16H17N3O. The summed E-state index contributed by atoms with van der Waals surface area (Å²) in [5, 5.41) is 11.0. The third-order valence-electron chi connectivity index (χ3n) is 3.52. The Morgan fingerprint density at radius 3 is 2.70 bits per heavy atom. The maximum Gasteiger partial charge on any atom is 0.141 e. The summed E-state index contributed by atoms with van der Waals surface area (Å²) >= 11 is 0. The van der Waals surface area contributed by atoms with Crippen molar-refractivity contribution in [2.75, 3.05) is 0 Å². The van der Waals surface area contributed by atoms with E-state index in [1.165, 1.54) is 0 Å². The number of benzene rings is 1. The lowest BCUT2D eigenvalue weighted by Gasteiger charge is -2.12. The second kappa shape index (κ2) is 4.63. The van der Waals surface area contributed by atoms with Gasteiger partial charge in [0.1, 0.15) is 11.3 Å². The molecule has 4 nitrogen and oxygen atoms in total. The van der Waals surface area contributed by atoms with Crippen LogP contribution in [0.25, 0.3) is 22.2 Å². The van der Waals surface area contributed by atoms with E-state index in [0.717, 1.165) is 22.3 Å². The average molecular weight is 267 g/mol. The first-order valence-corrected chi connectivity index (χ1v) is 6.67. The number of aryl methyl sites for hydroxylation is 1. The third-order valence-corrected chi connectivity index (χ3v) is 3.52. The number of pyridine rings is 1. The van der Waals surface area contributed by atoms with Crippen LogP contribution in [0.15, 0.2) is 36.8 Å². The molecule has 3 rings (SSSR count). The molecular weight excluding hydrogens is 250 g/mol. The van der Waals surface area contributed by atoms with Crippen LogP contribution >= 0.6 is 0 Å². The molecule has 0 amide bonds. The van der Waals surface area contributed by atoms with Crippen LogP contribution in [0.1, 0.15) is 25.5 Å². The number of aromatic hydroxyl groups is 1. The van der Waals surface area contributed by atoms with Gasteiger partial charge >= 0.3 is 0 Å². The number of phenols is 1. The summed E-state index contributed by atoms with van der Waals surface area (Å²) in [7, 11) is 1.96. The molecule has 2 heterocycles. The highest BCUT2D eigenvalue weighted by Crippen LogP contribution is 2.33. The van der Waals surface area contributed by atoms with Crippen molar-refractivity contribution in [3.63, 3.8) is 0 Å². The standard InChI is InChI=1S/C16H17N3O/c1-10(2)13-7-12(14-8-17-9-19(14)3)11-5-4-6-15(20)16(11)18-13/h4-10,20H,1-3H3. The molecule has 1 N–H and O–H groups in total. The number of nitrogens with zero attached hydrogens (tertiary/aromatic N) is 3. The van der Waals surface area contributed by atoms with Crippen LogP contribution in [0.4, 0.5) is 0 Å². The smallest absolute Gasteiger partial charge is 0.141 e. The van der Waals surface area contributed by atoms with Gasteiger partial charge in [0, 0.05) is 23.7 Å². The number of fused-ring (bicyclic) bond motifs is 1. The number of para-hydroxylation sites is 1. The molecule has 0 spiro atoms. The van der Waals surface area contributed by atoms with E-state index >= 15 is 0 Å². The number of hydrogen-bond acceptors (Lipinski definition) is 3. The number of imidazole rings is 1. The largest absolute Gasteiger partial charge is 0.506 e. The maximum absolute atomic E-state index is 10.1. The lowest BCUT2D eigenvalue weighted by atomic mass is 10.0. The molecule has 0 aliphatic carbocycles. The van der Waals surface area contributed by atoms with Crippen molar-refractivity contribution in [3.05, 3.63) is 42.5 Å². The SMILES string of the molecule is CC(C)c1cc(-c2cncn2C)c2cccc(O)c2n1. The van der Waals surface area contributed by atoms with Gasteiger partial charge in [-0.3, -0.25) is 0 Å². The minimum Gasteiger partial charge on any atom is -0.506 e. The van der Waals surface area contributed by atoms with Crippen molar-refractivity contribution >= 4 is 10.9 Å². The van der Waals surface area contributed by atoms with Crippen LogP contribution in [0.3, 0.4) is 0 Å². The molecule has 0 bridgehead atoms. The van der Waals surface area contributed by atoms with Gasteiger partial charge in [0.25, 0.3) is 0 Å². The van der Waals surface area contributed by atoms with Gasteiger partial charge in [0.15, 0.2) is 0 Å². The zero-order valence-electron chi connectivity index (χ0n) is 11.8. The molecule has 0 saturated carbocycles. The summed E-state index contributed by atoms with van der Waals surface area (Å²) in [5.41, 5.74) is 3.68. The Morgan fingerprint density at radius 2 is 2.05 bits per heavy atom. The van der Waals surface area contributed by atoms with Crippen LogP contribution in [0.2, 0.25) is 0 Å². The molecule has 0 radical (unpaired) electrons. The summed E-state index contributed by atoms with van der Waals surface area (Å²) in [6.07, 6.45) is 3.61. The van der Waals surface area contributed by atoms with Crippen molar-refractivity contribution in [2.24, 2.45) is 7.05 Å². The van der Waals surface area contributed by atoms with E-state index in [-0.39, 0.29) is 5.75 Å². The molecule has 0 saturated heterocycles. The predicted molar refractivity (Wildman–Crippen MR) is 79.7 cm³/mol. The Kier molecular flexibility index (Phi) is 2.93. The normalized spacial score (nSPS) is 11.4. The second-order valence-corrected chi connectivity index (χ2v) is 5.31. The first-order valence-electron chi connectivity index (χ1n) is 6.67. The molecule has 3 aromatic rings. The lowest BCUT2D eigenvalue weighted by molar-refractivity contribution is 0.480. The maximum atomic E-state index is 10.1. The third kappa shape index (κ3) is 1.93. The van der Waals surface area contributed by atoms with E-state index in [1.54, 1.807) is 12.4 Å². The van der Waals surface area contributed by atoms with Gasteiger partial charge in [-0.2, -0.15) is 0 Å². The number of hydrogen-bond donors (Lipinski definition) is 1.